The van der Waals surface area contributed by atoms with Crippen molar-refractivity contribution < 1.29 is 0 Å². The van der Waals surface area contributed by atoms with Gasteiger partial charge in [0.25, 0.3) is 0 Å². The molecule has 1 aliphatic heterocycles. The molecule has 1 aliphatic rings. The summed E-state index contributed by atoms with van der Waals surface area (Å²) in [6, 6.07) is 11.0. The molecule has 6 nitrogen and oxygen atoms in total. The maximum Gasteiger partial charge on any atom is 0.191 e. The van der Waals surface area contributed by atoms with Gasteiger partial charge in [0.2, 0.25) is 0 Å². The maximum absolute atomic E-state index is 4.66. The van der Waals surface area contributed by atoms with Crippen LogP contribution in [-0.4, -0.2) is 41.9 Å². The smallest absolute Gasteiger partial charge is 0.191 e. The fraction of sp³-hybridized carbons (Fsp3) is 0.524. The molecule has 3 rings (SSSR count). The normalized spacial score (nSPS) is 16.8. The number of anilines is 1. The molecule has 7 heteroatoms. The minimum atomic E-state index is 0. The average molecular weight is 496 g/mol. The van der Waals surface area contributed by atoms with Crippen molar-refractivity contribution in [3.8, 4) is 0 Å². The highest BCUT2D eigenvalue weighted by Crippen LogP contribution is 2.20. The van der Waals surface area contributed by atoms with Crippen LogP contribution >= 0.6 is 24.0 Å². The molecular formula is C21H33IN6. The molecule has 2 N–H and O–H groups in total. The van der Waals surface area contributed by atoms with Crippen LogP contribution in [0.15, 0.2) is 35.3 Å². The van der Waals surface area contributed by atoms with Gasteiger partial charge in [0.05, 0.1) is 5.69 Å². The molecule has 0 spiro atoms. The Morgan fingerprint density at radius 1 is 1.21 bits per heavy atom. The van der Waals surface area contributed by atoms with Crippen LogP contribution in [-0.2, 0) is 26.4 Å². The summed E-state index contributed by atoms with van der Waals surface area (Å²) in [6.45, 7) is 7.17. The lowest BCUT2D eigenvalue weighted by molar-refractivity contribution is 0.647. The number of hydrogen-bond acceptors (Lipinski definition) is 3. The molecule has 1 unspecified atom stereocenters. The Hall–Kier alpha value is -1.77. The molecule has 0 radical (unpaired) electrons. The van der Waals surface area contributed by atoms with E-state index >= 15 is 0 Å². The summed E-state index contributed by atoms with van der Waals surface area (Å²) in [7, 11) is 3.87. The van der Waals surface area contributed by atoms with Crippen LogP contribution in [0, 0.1) is 0 Å². The number of hydrogen-bond donors (Lipinski definition) is 2. The van der Waals surface area contributed by atoms with E-state index in [4.69, 9.17) is 0 Å². The van der Waals surface area contributed by atoms with Crippen LogP contribution in [0.5, 0.6) is 0 Å². The number of guanidine groups is 1. The zero-order valence-corrected chi connectivity index (χ0v) is 19.7. The zero-order chi connectivity index (χ0) is 19.2. The SMILES string of the molecule is CCc1nn(C)c(CC)c1CNC(=NC)NC1CCN(c2ccccc2)C1.I. The highest BCUT2D eigenvalue weighted by molar-refractivity contribution is 14.0. The van der Waals surface area contributed by atoms with Crippen molar-refractivity contribution in [3.05, 3.63) is 47.3 Å². The number of aryl methyl sites for hydroxylation is 2. The van der Waals surface area contributed by atoms with Gasteiger partial charge in [-0.2, -0.15) is 5.10 Å². The van der Waals surface area contributed by atoms with Crippen molar-refractivity contribution >= 4 is 35.6 Å². The molecule has 0 aliphatic carbocycles. The number of nitrogens with zero attached hydrogens (tertiary/aromatic N) is 4. The van der Waals surface area contributed by atoms with E-state index in [0.717, 1.165) is 44.9 Å². The van der Waals surface area contributed by atoms with Crippen LogP contribution in [0.3, 0.4) is 0 Å². The number of benzene rings is 1. The first-order chi connectivity index (χ1) is 13.2. The third-order valence-corrected chi connectivity index (χ3v) is 5.33. The van der Waals surface area contributed by atoms with E-state index in [2.05, 4.69) is 69.8 Å². The van der Waals surface area contributed by atoms with Crippen LogP contribution in [0.1, 0.15) is 37.2 Å². The van der Waals surface area contributed by atoms with E-state index in [-0.39, 0.29) is 24.0 Å². The molecule has 2 heterocycles. The number of rotatable bonds is 6. The van der Waals surface area contributed by atoms with Crippen LogP contribution in [0.4, 0.5) is 5.69 Å². The fourth-order valence-electron chi connectivity index (χ4n) is 3.91. The topological polar surface area (TPSA) is 57.5 Å². The van der Waals surface area contributed by atoms with Gasteiger partial charge >= 0.3 is 0 Å². The van der Waals surface area contributed by atoms with Crippen molar-refractivity contribution in [2.45, 2.75) is 45.7 Å². The highest BCUT2D eigenvalue weighted by Gasteiger charge is 2.23. The summed E-state index contributed by atoms with van der Waals surface area (Å²) >= 11 is 0. The predicted molar refractivity (Wildman–Crippen MR) is 128 cm³/mol. The predicted octanol–water partition coefficient (Wildman–Crippen LogP) is 3.11. The Labute approximate surface area is 185 Å². The van der Waals surface area contributed by atoms with Crippen LogP contribution < -0.4 is 15.5 Å². The van der Waals surface area contributed by atoms with Crippen molar-refractivity contribution in [1.82, 2.24) is 20.4 Å². The van der Waals surface area contributed by atoms with Crippen LogP contribution in [0.25, 0.3) is 0 Å². The van der Waals surface area contributed by atoms with Gasteiger partial charge in [-0.25, -0.2) is 0 Å². The highest BCUT2D eigenvalue weighted by atomic mass is 127. The first kappa shape index (κ1) is 22.5. The van der Waals surface area contributed by atoms with Gasteiger partial charge in [-0.05, 0) is 31.4 Å². The fourth-order valence-corrected chi connectivity index (χ4v) is 3.91. The van der Waals surface area contributed by atoms with Crippen LogP contribution in [0.2, 0.25) is 0 Å². The third kappa shape index (κ3) is 5.18. The monoisotopic (exact) mass is 496 g/mol. The molecule has 0 saturated carbocycles. The molecule has 1 atom stereocenters. The largest absolute Gasteiger partial charge is 0.369 e. The lowest BCUT2D eigenvalue weighted by Crippen LogP contribution is -2.44. The number of para-hydroxylation sites is 1. The van der Waals surface area contributed by atoms with Gasteiger partial charge in [-0.15, -0.1) is 24.0 Å². The second-order valence-corrected chi connectivity index (χ2v) is 7.04. The molecule has 1 aromatic carbocycles. The molecule has 1 saturated heterocycles. The van der Waals surface area contributed by atoms with E-state index < -0.39 is 0 Å². The summed E-state index contributed by atoms with van der Waals surface area (Å²) in [4.78, 5) is 6.86. The second kappa shape index (κ2) is 10.7. The number of aliphatic imine (C=N–C) groups is 1. The summed E-state index contributed by atoms with van der Waals surface area (Å²) in [6.07, 6.45) is 3.05. The lowest BCUT2D eigenvalue weighted by Gasteiger charge is -2.20. The zero-order valence-electron chi connectivity index (χ0n) is 17.4. The molecule has 154 valence electrons. The Morgan fingerprint density at radius 2 is 1.96 bits per heavy atom. The molecule has 1 aromatic heterocycles. The summed E-state index contributed by atoms with van der Waals surface area (Å²) in [5.41, 5.74) is 5.07. The Kier molecular flexibility index (Phi) is 8.59. The molecule has 0 bridgehead atoms. The third-order valence-electron chi connectivity index (χ3n) is 5.33. The van der Waals surface area contributed by atoms with Gasteiger partial charge < -0.3 is 15.5 Å². The van der Waals surface area contributed by atoms with Gasteiger partial charge in [0.15, 0.2) is 5.96 Å². The van der Waals surface area contributed by atoms with E-state index in [1.807, 2.05) is 18.8 Å². The first-order valence-electron chi connectivity index (χ1n) is 9.97. The summed E-state index contributed by atoms with van der Waals surface area (Å²) < 4.78 is 2.01. The van der Waals surface area contributed by atoms with Gasteiger partial charge in [0.1, 0.15) is 0 Å². The quantitative estimate of drug-likeness (QED) is 0.367. The summed E-state index contributed by atoms with van der Waals surface area (Å²) in [5.74, 6) is 0.864. The molecule has 28 heavy (non-hydrogen) atoms. The maximum atomic E-state index is 4.66. The van der Waals surface area contributed by atoms with Gasteiger partial charge in [0, 0.05) is 56.7 Å². The summed E-state index contributed by atoms with van der Waals surface area (Å²) in [5, 5.41) is 11.7. The van der Waals surface area contributed by atoms with Gasteiger partial charge in [-0.3, -0.25) is 9.67 Å². The van der Waals surface area contributed by atoms with E-state index in [0.29, 0.717) is 6.04 Å². The minimum Gasteiger partial charge on any atom is -0.369 e. The number of aromatic nitrogens is 2. The standard InChI is InChI=1S/C21H32N6.HI/c1-5-19-18(20(6-2)26(4)25-19)14-23-21(22-3)24-16-12-13-27(15-16)17-10-8-7-9-11-17;/h7-11,16H,5-6,12-15H2,1-4H3,(H2,22,23,24);1H. The molecular weight excluding hydrogens is 463 g/mol. The average Bonchev–Trinajstić information content (AvgIpc) is 3.29. The lowest BCUT2D eigenvalue weighted by atomic mass is 10.1. The minimum absolute atomic E-state index is 0. The van der Waals surface area contributed by atoms with E-state index in [1.54, 1.807) is 0 Å². The Bertz CT molecular complexity index is 771. The Balaban J connectivity index is 0.00000280. The van der Waals surface area contributed by atoms with Crippen molar-refractivity contribution in [2.24, 2.45) is 12.0 Å². The molecule has 2 aromatic rings. The number of halogens is 1. The van der Waals surface area contributed by atoms with Gasteiger partial charge in [-0.1, -0.05) is 32.0 Å². The number of nitrogens with one attached hydrogen (secondary N) is 2. The first-order valence-corrected chi connectivity index (χ1v) is 9.97. The van der Waals surface area contributed by atoms with E-state index in [9.17, 15) is 0 Å². The second-order valence-electron chi connectivity index (χ2n) is 7.04. The van der Waals surface area contributed by atoms with Crippen molar-refractivity contribution in [1.29, 1.82) is 0 Å². The molecule has 1 fully saturated rings. The Morgan fingerprint density at radius 3 is 2.61 bits per heavy atom. The molecule has 0 amide bonds. The van der Waals surface area contributed by atoms with Crippen molar-refractivity contribution in [2.75, 3.05) is 25.0 Å². The van der Waals surface area contributed by atoms with Crippen molar-refractivity contribution in [3.63, 3.8) is 0 Å². The van der Waals surface area contributed by atoms with E-state index in [1.165, 1.54) is 22.6 Å².